The van der Waals surface area contributed by atoms with Crippen LogP contribution < -0.4 is 15.6 Å². The molecule has 1 aliphatic rings. The number of benzene rings is 1. The van der Waals surface area contributed by atoms with E-state index in [9.17, 15) is 15.2 Å². The quantitative estimate of drug-likeness (QED) is 0.471. The third-order valence-corrected chi connectivity index (χ3v) is 6.14. The number of hydrogen-bond donors (Lipinski definition) is 2. The SMILES string of the molecule is CCN(CC)CC#CCn1nc(N[C@@H]2c3cc(C#N)ccc3OC(COC)(COC)[C@H]2O)ccc1=O. The van der Waals surface area contributed by atoms with Crippen LogP contribution in [0.4, 0.5) is 5.82 Å². The Kier molecular flexibility index (Phi) is 9.45. The Morgan fingerprint density at radius 3 is 2.56 bits per heavy atom. The molecule has 0 fully saturated rings. The molecule has 1 aromatic heterocycles. The number of nitrogens with one attached hydrogen (secondary N) is 1. The summed E-state index contributed by atoms with van der Waals surface area (Å²) >= 11 is 0. The third-order valence-electron chi connectivity index (χ3n) is 6.14. The second-order valence-corrected chi connectivity index (χ2v) is 8.49. The number of anilines is 1. The molecule has 2 atom stereocenters. The third kappa shape index (κ3) is 6.04. The molecule has 2 heterocycles. The summed E-state index contributed by atoms with van der Waals surface area (Å²) in [4.78, 5) is 14.6. The van der Waals surface area contributed by atoms with Gasteiger partial charge in [-0.25, -0.2) is 4.68 Å². The first-order valence-electron chi connectivity index (χ1n) is 11.8. The van der Waals surface area contributed by atoms with Crippen molar-refractivity contribution in [1.82, 2.24) is 14.7 Å². The zero-order chi connectivity index (χ0) is 26.1. The summed E-state index contributed by atoms with van der Waals surface area (Å²) in [7, 11) is 3.03. The van der Waals surface area contributed by atoms with E-state index >= 15 is 0 Å². The Morgan fingerprint density at radius 2 is 1.92 bits per heavy atom. The summed E-state index contributed by atoms with van der Waals surface area (Å²) in [5.41, 5.74) is -0.482. The molecule has 0 saturated heterocycles. The lowest BCUT2D eigenvalue weighted by atomic mass is 9.84. The molecule has 1 aromatic carbocycles. The molecule has 0 radical (unpaired) electrons. The number of nitriles is 1. The molecular formula is C26H33N5O5. The highest BCUT2D eigenvalue weighted by Crippen LogP contribution is 2.42. The number of rotatable bonds is 10. The lowest BCUT2D eigenvalue weighted by molar-refractivity contribution is -0.142. The molecule has 0 bridgehead atoms. The van der Waals surface area contributed by atoms with Crippen molar-refractivity contribution < 1.29 is 19.3 Å². The number of aromatic nitrogens is 2. The van der Waals surface area contributed by atoms with Crippen LogP contribution in [0.15, 0.2) is 35.1 Å². The number of fused-ring (bicyclic) bond motifs is 1. The molecule has 2 N–H and O–H groups in total. The Bertz CT molecular complexity index is 1190. The van der Waals surface area contributed by atoms with E-state index in [1.165, 1.54) is 25.0 Å². The van der Waals surface area contributed by atoms with Crippen molar-refractivity contribution in [3.05, 3.63) is 51.8 Å². The predicted molar refractivity (Wildman–Crippen MR) is 135 cm³/mol. The Labute approximate surface area is 211 Å². The average molecular weight is 496 g/mol. The van der Waals surface area contributed by atoms with E-state index in [0.717, 1.165) is 13.1 Å². The summed E-state index contributed by atoms with van der Waals surface area (Å²) in [5.74, 6) is 6.93. The number of methoxy groups -OCH3 is 2. The minimum Gasteiger partial charge on any atom is -0.479 e. The fourth-order valence-electron chi connectivity index (χ4n) is 4.17. The minimum absolute atomic E-state index is 0.0642. The van der Waals surface area contributed by atoms with Crippen molar-refractivity contribution in [3.8, 4) is 23.7 Å². The highest BCUT2D eigenvalue weighted by atomic mass is 16.6. The largest absolute Gasteiger partial charge is 0.479 e. The molecule has 10 heteroatoms. The maximum absolute atomic E-state index is 12.4. The van der Waals surface area contributed by atoms with Crippen LogP contribution in [0.5, 0.6) is 5.75 Å². The van der Waals surface area contributed by atoms with Crippen LogP contribution in [0.1, 0.15) is 31.0 Å². The summed E-state index contributed by atoms with van der Waals surface area (Å²) in [6, 6.07) is 9.34. The molecule has 0 amide bonds. The summed E-state index contributed by atoms with van der Waals surface area (Å²) < 4.78 is 18.2. The number of nitrogens with zero attached hydrogens (tertiary/aromatic N) is 4. The van der Waals surface area contributed by atoms with Crippen LogP contribution in [-0.2, 0) is 16.0 Å². The van der Waals surface area contributed by atoms with Crippen LogP contribution in [0, 0.1) is 23.2 Å². The molecule has 36 heavy (non-hydrogen) atoms. The van der Waals surface area contributed by atoms with Crippen molar-refractivity contribution >= 4 is 5.82 Å². The summed E-state index contributed by atoms with van der Waals surface area (Å²) in [5, 5.41) is 28.5. The number of hydrogen-bond acceptors (Lipinski definition) is 9. The molecule has 192 valence electrons. The smallest absolute Gasteiger partial charge is 0.267 e. The molecule has 3 rings (SSSR count). The van der Waals surface area contributed by atoms with Gasteiger partial charge >= 0.3 is 0 Å². The second kappa shape index (κ2) is 12.5. The van der Waals surface area contributed by atoms with E-state index in [2.05, 4.69) is 47.1 Å². The summed E-state index contributed by atoms with van der Waals surface area (Å²) in [6.07, 6.45) is -1.13. The second-order valence-electron chi connectivity index (χ2n) is 8.49. The first-order valence-corrected chi connectivity index (χ1v) is 11.8. The van der Waals surface area contributed by atoms with Gasteiger partial charge in [0.05, 0.1) is 37.4 Å². The summed E-state index contributed by atoms with van der Waals surface area (Å²) in [6.45, 7) is 6.83. The number of ether oxygens (including phenoxy) is 3. The van der Waals surface area contributed by atoms with Crippen LogP contribution in [0.25, 0.3) is 0 Å². The first-order chi connectivity index (χ1) is 17.4. The van der Waals surface area contributed by atoms with Crippen molar-refractivity contribution in [2.24, 2.45) is 0 Å². The van der Waals surface area contributed by atoms with Gasteiger partial charge in [-0.2, -0.15) is 10.4 Å². The standard InChI is InChI=1S/C26H33N5O5/c1-5-30(6-2)13-7-8-14-31-23(32)12-11-22(29-31)28-24-20-15-19(16-27)9-10-21(20)36-26(17-34-3,18-35-4)25(24)33/h9-12,15,24-25,33H,5-6,13-14,17-18H2,1-4H3,(H,28,29)/t24-,25+/m1/s1. The van der Waals surface area contributed by atoms with Gasteiger partial charge in [-0.05, 0) is 37.4 Å². The molecule has 0 unspecified atom stereocenters. The normalized spacial score (nSPS) is 17.9. The Hall–Kier alpha value is -3.41. The lowest BCUT2D eigenvalue weighted by Crippen LogP contribution is -2.60. The van der Waals surface area contributed by atoms with Gasteiger partial charge in [0.15, 0.2) is 5.60 Å². The van der Waals surface area contributed by atoms with E-state index in [-0.39, 0.29) is 25.3 Å². The van der Waals surface area contributed by atoms with Gasteiger partial charge in [0.1, 0.15) is 24.2 Å². The van der Waals surface area contributed by atoms with Gasteiger partial charge < -0.3 is 24.6 Å². The number of aliphatic hydroxyl groups is 1. The highest BCUT2D eigenvalue weighted by molar-refractivity contribution is 5.50. The van der Waals surface area contributed by atoms with E-state index in [0.29, 0.717) is 29.2 Å². The van der Waals surface area contributed by atoms with Crippen LogP contribution in [-0.4, -0.2) is 78.6 Å². The predicted octanol–water partition coefficient (Wildman–Crippen LogP) is 1.40. The van der Waals surface area contributed by atoms with Gasteiger partial charge in [0.2, 0.25) is 0 Å². The molecule has 0 saturated carbocycles. The molecular weight excluding hydrogens is 462 g/mol. The highest BCUT2D eigenvalue weighted by Gasteiger charge is 2.50. The van der Waals surface area contributed by atoms with Gasteiger partial charge in [-0.1, -0.05) is 25.7 Å². The van der Waals surface area contributed by atoms with Gasteiger partial charge in [0.25, 0.3) is 5.56 Å². The van der Waals surface area contributed by atoms with Crippen LogP contribution in [0.3, 0.4) is 0 Å². The molecule has 0 aliphatic carbocycles. The van der Waals surface area contributed by atoms with Crippen molar-refractivity contribution in [1.29, 1.82) is 5.26 Å². The maximum atomic E-state index is 12.4. The van der Waals surface area contributed by atoms with Gasteiger partial charge in [-0.3, -0.25) is 9.69 Å². The molecule has 1 aliphatic heterocycles. The molecule has 2 aromatic rings. The van der Waals surface area contributed by atoms with Crippen LogP contribution >= 0.6 is 0 Å². The first kappa shape index (κ1) is 27.2. The fraction of sp³-hybridized carbons (Fsp3) is 0.500. The van der Waals surface area contributed by atoms with E-state index in [1.54, 1.807) is 24.3 Å². The van der Waals surface area contributed by atoms with Gasteiger partial charge in [0, 0.05) is 25.8 Å². The topological polar surface area (TPSA) is 122 Å². The van der Waals surface area contributed by atoms with E-state index in [4.69, 9.17) is 14.2 Å². The lowest BCUT2D eigenvalue weighted by Gasteiger charge is -2.45. The average Bonchev–Trinajstić information content (AvgIpc) is 2.88. The van der Waals surface area contributed by atoms with Crippen molar-refractivity contribution in [2.45, 2.75) is 38.1 Å². The van der Waals surface area contributed by atoms with Crippen LogP contribution in [0.2, 0.25) is 0 Å². The van der Waals surface area contributed by atoms with E-state index in [1.807, 2.05) is 0 Å². The van der Waals surface area contributed by atoms with Crippen molar-refractivity contribution in [2.75, 3.05) is 52.4 Å². The van der Waals surface area contributed by atoms with Gasteiger partial charge in [-0.15, -0.1) is 0 Å². The monoisotopic (exact) mass is 495 g/mol. The van der Waals surface area contributed by atoms with E-state index < -0.39 is 17.7 Å². The molecule has 10 nitrogen and oxygen atoms in total. The zero-order valence-electron chi connectivity index (χ0n) is 21.2. The zero-order valence-corrected chi connectivity index (χ0v) is 21.2. The Morgan fingerprint density at radius 1 is 1.19 bits per heavy atom. The molecule has 0 spiro atoms. The fourth-order valence-corrected chi connectivity index (χ4v) is 4.17. The number of aliphatic hydroxyl groups excluding tert-OH is 1. The minimum atomic E-state index is -1.20. The van der Waals surface area contributed by atoms with Crippen molar-refractivity contribution in [3.63, 3.8) is 0 Å². The maximum Gasteiger partial charge on any atom is 0.267 e. The Balaban J connectivity index is 1.93.